The highest BCUT2D eigenvalue weighted by molar-refractivity contribution is 7.18. The van der Waals surface area contributed by atoms with Gasteiger partial charge in [0.1, 0.15) is 11.0 Å². The molecule has 0 radical (unpaired) electrons. The van der Waals surface area contributed by atoms with Crippen LogP contribution in [-0.4, -0.2) is 34.8 Å². The van der Waals surface area contributed by atoms with Crippen LogP contribution in [0.15, 0.2) is 48.5 Å². The van der Waals surface area contributed by atoms with E-state index in [9.17, 15) is 9.59 Å². The maximum absolute atomic E-state index is 13.2. The third-order valence-corrected chi connectivity index (χ3v) is 6.85. The lowest BCUT2D eigenvalue weighted by Gasteiger charge is -2.18. The lowest BCUT2D eigenvalue weighted by molar-refractivity contribution is -0.126. The Bertz CT molecular complexity index is 1150. The maximum atomic E-state index is 13.2. The molecular formula is C27H32N4O4S. The molecule has 190 valence electrons. The number of aromatic nitrogens is 2. The van der Waals surface area contributed by atoms with Crippen molar-refractivity contribution in [1.82, 2.24) is 15.5 Å². The summed E-state index contributed by atoms with van der Waals surface area (Å²) in [7, 11) is 0. The molecule has 0 bridgehead atoms. The molecule has 1 aliphatic rings. The third kappa shape index (κ3) is 7.27. The Morgan fingerprint density at radius 1 is 0.972 bits per heavy atom. The van der Waals surface area contributed by atoms with Crippen LogP contribution >= 0.6 is 11.3 Å². The number of hydrogen-bond acceptors (Lipinski definition) is 7. The Kier molecular flexibility index (Phi) is 9.27. The van der Waals surface area contributed by atoms with E-state index in [1.165, 1.54) is 30.6 Å². The molecule has 4 rings (SSSR count). The van der Waals surface area contributed by atoms with Crippen molar-refractivity contribution in [3.63, 3.8) is 0 Å². The number of nitrogens with one attached hydrogen (secondary N) is 2. The Labute approximate surface area is 215 Å². The molecule has 0 saturated carbocycles. The van der Waals surface area contributed by atoms with E-state index < -0.39 is 6.04 Å². The van der Waals surface area contributed by atoms with Crippen LogP contribution < -0.4 is 20.1 Å². The fourth-order valence-corrected chi connectivity index (χ4v) is 4.75. The molecule has 2 amide bonds. The number of carbonyl (C=O) groups is 2. The Hall–Kier alpha value is -3.46. The summed E-state index contributed by atoms with van der Waals surface area (Å²) in [6.45, 7) is 2.38. The topological polar surface area (TPSA) is 102 Å². The average Bonchev–Trinajstić information content (AvgIpc) is 3.55. The second kappa shape index (κ2) is 13.0. The van der Waals surface area contributed by atoms with Gasteiger partial charge in [-0.2, -0.15) is 0 Å². The van der Waals surface area contributed by atoms with Crippen molar-refractivity contribution in [2.24, 2.45) is 0 Å². The van der Waals surface area contributed by atoms with E-state index in [2.05, 4.69) is 27.8 Å². The molecule has 0 saturated heterocycles. The third-order valence-electron chi connectivity index (χ3n) is 5.97. The molecule has 0 aliphatic carbocycles. The molecule has 2 aromatic carbocycles. The summed E-state index contributed by atoms with van der Waals surface area (Å²) in [5, 5.41) is 15.1. The van der Waals surface area contributed by atoms with Crippen molar-refractivity contribution in [2.75, 3.05) is 12.1 Å². The van der Waals surface area contributed by atoms with Crippen LogP contribution in [0.1, 0.15) is 57.4 Å². The first kappa shape index (κ1) is 25.6. The monoisotopic (exact) mass is 508 g/mol. The minimum absolute atomic E-state index is 0.111. The molecule has 1 atom stereocenters. The number of ether oxygens (including phenoxy) is 2. The number of anilines is 1. The zero-order valence-corrected chi connectivity index (χ0v) is 21.3. The van der Waals surface area contributed by atoms with Gasteiger partial charge in [0.2, 0.25) is 23.7 Å². The van der Waals surface area contributed by atoms with Crippen molar-refractivity contribution < 1.29 is 19.1 Å². The zero-order valence-electron chi connectivity index (χ0n) is 20.5. The number of amides is 2. The van der Waals surface area contributed by atoms with E-state index in [-0.39, 0.29) is 18.6 Å². The number of unbranched alkanes of at least 4 members (excludes halogenated alkanes) is 5. The number of nitrogens with zero attached hydrogens (tertiary/aromatic N) is 2. The van der Waals surface area contributed by atoms with Crippen LogP contribution in [-0.2, 0) is 16.0 Å². The smallest absolute Gasteiger partial charge is 0.249 e. The normalized spacial score (nSPS) is 12.8. The Morgan fingerprint density at radius 3 is 2.58 bits per heavy atom. The van der Waals surface area contributed by atoms with Gasteiger partial charge in [0.25, 0.3) is 0 Å². The number of hydrogen-bond donors (Lipinski definition) is 2. The van der Waals surface area contributed by atoms with Crippen LogP contribution in [0.5, 0.6) is 11.5 Å². The van der Waals surface area contributed by atoms with Crippen LogP contribution in [0.4, 0.5) is 5.13 Å². The molecule has 2 heterocycles. The fourth-order valence-electron chi connectivity index (χ4n) is 4.00. The highest BCUT2D eigenvalue weighted by Crippen LogP contribution is 2.37. The number of rotatable bonds is 13. The standard InChI is InChI=1S/C27H32N4O4S/c1-2-3-4-5-6-10-13-24(32)28-21(16-19-11-8-7-9-12-19)25(33)29-27-31-30-26(36-27)20-14-15-22-23(17-20)35-18-34-22/h7-9,11-12,14-15,17,21H,2-6,10,13,16,18H2,1H3,(H,28,32)(H,29,31,33)/t21-/m1/s1. The van der Waals surface area contributed by atoms with Gasteiger partial charge in [-0.3, -0.25) is 14.9 Å². The van der Waals surface area contributed by atoms with Crippen LogP contribution in [0.3, 0.4) is 0 Å². The molecule has 36 heavy (non-hydrogen) atoms. The summed E-state index contributed by atoms with van der Waals surface area (Å²) in [5.41, 5.74) is 1.79. The molecule has 1 aliphatic heterocycles. The average molecular weight is 509 g/mol. The van der Waals surface area contributed by atoms with Crippen LogP contribution in [0.25, 0.3) is 10.6 Å². The maximum Gasteiger partial charge on any atom is 0.249 e. The van der Waals surface area contributed by atoms with Gasteiger partial charge >= 0.3 is 0 Å². The second-order valence-corrected chi connectivity index (χ2v) is 9.77. The zero-order chi connectivity index (χ0) is 25.2. The van der Waals surface area contributed by atoms with E-state index >= 15 is 0 Å². The van der Waals surface area contributed by atoms with E-state index in [1.54, 1.807) is 0 Å². The number of fused-ring (bicyclic) bond motifs is 1. The number of carbonyl (C=O) groups excluding carboxylic acids is 2. The molecule has 0 fully saturated rings. The largest absolute Gasteiger partial charge is 0.454 e. The fraction of sp³-hybridized carbons (Fsp3) is 0.407. The molecule has 8 nitrogen and oxygen atoms in total. The predicted octanol–water partition coefficient (Wildman–Crippen LogP) is 5.35. The van der Waals surface area contributed by atoms with Gasteiger partial charge in [-0.1, -0.05) is 80.7 Å². The Morgan fingerprint density at radius 2 is 1.75 bits per heavy atom. The highest BCUT2D eigenvalue weighted by Gasteiger charge is 2.23. The first-order valence-electron chi connectivity index (χ1n) is 12.5. The van der Waals surface area contributed by atoms with Gasteiger partial charge in [0.15, 0.2) is 11.5 Å². The van der Waals surface area contributed by atoms with Crippen molar-refractivity contribution in [1.29, 1.82) is 0 Å². The molecule has 0 spiro atoms. The predicted molar refractivity (Wildman–Crippen MR) is 140 cm³/mol. The number of benzene rings is 2. The molecule has 0 unspecified atom stereocenters. The van der Waals surface area contributed by atoms with Gasteiger partial charge in [-0.05, 0) is 30.2 Å². The first-order valence-corrected chi connectivity index (χ1v) is 13.3. The lowest BCUT2D eigenvalue weighted by atomic mass is 10.0. The van der Waals surface area contributed by atoms with Gasteiger partial charge in [-0.15, -0.1) is 10.2 Å². The quantitative estimate of drug-likeness (QED) is 0.302. The summed E-state index contributed by atoms with van der Waals surface area (Å²) in [4.78, 5) is 25.8. The molecule has 9 heteroatoms. The summed E-state index contributed by atoms with van der Waals surface area (Å²) < 4.78 is 10.8. The first-order chi connectivity index (χ1) is 17.6. The van der Waals surface area contributed by atoms with Crippen LogP contribution in [0, 0.1) is 0 Å². The molecule has 3 aromatic rings. The summed E-state index contributed by atoms with van der Waals surface area (Å²) in [5.74, 6) is 0.921. The van der Waals surface area contributed by atoms with Gasteiger partial charge in [0, 0.05) is 18.4 Å². The minimum Gasteiger partial charge on any atom is -0.454 e. The minimum atomic E-state index is -0.710. The molecule has 2 N–H and O–H groups in total. The molecule has 1 aromatic heterocycles. The van der Waals surface area contributed by atoms with E-state index in [0.29, 0.717) is 34.5 Å². The Balaban J connectivity index is 1.37. The summed E-state index contributed by atoms with van der Waals surface area (Å²) >= 11 is 1.26. The van der Waals surface area contributed by atoms with E-state index in [0.717, 1.165) is 30.4 Å². The summed E-state index contributed by atoms with van der Waals surface area (Å²) in [6.07, 6.45) is 7.42. The molecular weight excluding hydrogens is 476 g/mol. The van der Waals surface area contributed by atoms with Crippen molar-refractivity contribution in [2.45, 2.75) is 64.3 Å². The van der Waals surface area contributed by atoms with Gasteiger partial charge in [-0.25, -0.2) is 0 Å². The van der Waals surface area contributed by atoms with Gasteiger partial charge < -0.3 is 14.8 Å². The van der Waals surface area contributed by atoms with Crippen molar-refractivity contribution in [3.05, 3.63) is 54.1 Å². The van der Waals surface area contributed by atoms with E-state index in [1.807, 2.05) is 48.5 Å². The van der Waals surface area contributed by atoms with E-state index in [4.69, 9.17) is 9.47 Å². The summed E-state index contributed by atoms with van der Waals surface area (Å²) in [6, 6.07) is 14.5. The van der Waals surface area contributed by atoms with Crippen LogP contribution in [0.2, 0.25) is 0 Å². The SMILES string of the molecule is CCCCCCCCC(=O)N[C@H](Cc1ccccc1)C(=O)Nc1nnc(-c2ccc3c(c2)OCO3)s1. The second-order valence-electron chi connectivity index (χ2n) is 8.80. The lowest BCUT2D eigenvalue weighted by Crippen LogP contribution is -2.45. The van der Waals surface area contributed by atoms with Crippen molar-refractivity contribution in [3.8, 4) is 22.1 Å². The van der Waals surface area contributed by atoms with Gasteiger partial charge in [0.05, 0.1) is 0 Å². The highest BCUT2D eigenvalue weighted by atomic mass is 32.1. The van der Waals surface area contributed by atoms with Crippen molar-refractivity contribution >= 4 is 28.3 Å².